The summed E-state index contributed by atoms with van der Waals surface area (Å²) in [4.78, 5) is 267. The van der Waals surface area contributed by atoms with Crippen LogP contribution in [0.3, 0.4) is 0 Å². The molecule has 0 spiro atoms. The van der Waals surface area contributed by atoms with Crippen molar-refractivity contribution in [2.75, 3.05) is 90.0 Å². The smallest absolute Gasteiger partial charge is 0.305 e. The molecular weight excluding hydrogens is 2450 g/mol. The van der Waals surface area contributed by atoms with E-state index in [2.05, 4.69) is 113 Å². The number of carbonyl (C=O) groups excluding carboxylic acids is 17. The van der Waals surface area contributed by atoms with Crippen LogP contribution < -0.4 is 85.1 Å². The van der Waals surface area contributed by atoms with Crippen LogP contribution in [-0.4, -0.2) is 309 Å². The van der Waals surface area contributed by atoms with E-state index < -0.39 is 229 Å². The van der Waals surface area contributed by atoms with Crippen molar-refractivity contribution in [3.8, 4) is 22.6 Å². The Labute approximate surface area is 952 Å². The molecule has 5 aromatic rings. The standard InChI is InChI=1S/C92H119N19O24S2.4Gd/c1-53(2)39-73(100-79(121)50-110(37-32-95-57(6)115)38-33-96-58(7)116)92(135)111-34-12-17-76(111)90(133)106-74-51-136-137-52-75(107-91(134)82(54(3)112)108-77(119)48-99-83(126)68(41-60-20-26-66(117)27-21-60)101-85(128)69(43-61-22-28-67(118)29-23-61)102-87(130)72(45-81(124)125)105-88(74)131)89(132)103-70(42-59-18-24-65(25-19-59)64-15-9-8-10-16-64)86(129)104-71(44-80(122)123)84(127)98-47-63-14-11-13-62(40-63)46-97-78(120)49-109(35-30-93-55(4)113)36-31-94-56(5)114;;;;/h8-11,13-16,18-29,40,53-54,68-76,82,112,117-118H,4-7,12,17,30-39,41-52H2,1-3H3,(H,93,113)(H,94,114)(H,95,115)(H,96,116)(H,97,120)(H,98,127)(H,99,126)(H,100,121)(H,101,128)(H,102,130)(H,103,132)(H,104,129)(H,105,131)(H,106,133)(H,107,134)(H,108,119)(H,122,123)(H,124,125);;;;/q-4;;;;/t54?,68-,69-,70-,71-,72-,73?,74-,75-,76-,82-;;;;/m0..../s1. The van der Waals surface area contributed by atoms with Crippen molar-refractivity contribution in [3.05, 3.63) is 183 Å². The van der Waals surface area contributed by atoms with E-state index in [-0.39, 0.29) is 287 Å². The summed E-state index contributed by atoms with van der Waals surface area (Å²) in [5.41, 5.74) is 3.42. The summed E-state index contributed by atoms with van der Waals surface area (Å²) in [6.45, 7) is 16.9. The van der Waals surface area contributed by atoms with Crippen LogP contribution in [0, 0.1) is 193 Å². The van der Waals surface area contributed by atoms with Gasteiger partial charge in [-0.1, -0.05) is 139 Å². The number of nitrogens with one attached hydrogen (secondary N) is 16. The maximum absolute atomic E-state index is 15.5. The fourth-order valence-corrected chi connectivity index (χ4v) is 16.8. The summed E-state index contributed by atoms with van der Waals surface area (Å²) in [6.07, 6.45) is -5.18. The quantitative estimate of drug-likeness (QED) is 0.0132. The number of rotatable bonds is 43. The van der Waals surface area contributed by atoms with Gasteiger partial charge in [0.15, 0.2) is 0 Å². The predicted molar refractivity (Wildman–Crippen MR) is 501 cm³/mol. The van der Waals surface area contributed by atoms with Gasteiger partial charge in [-0.25, -0.2) is 0 Å². The first-order valence-corrected chi connectivity index (χ1v) is 46.5. The van der Waals surface area contributed by atoms with Crippen LogP contribution in [-0.2, 0) is 123 Å². The Morgan fingerprint density at radius 2 is 0.972 bits per heavy atom. The van der Waals surface area contributed by atoms with Crippen molar-refractivity contribution in [1.29, 1.82) is 0 Å². The van der Waals surface area contributed by atoms with Crippen LogP contribution in [0.5, 0.6) is 11.5 Å². The fraction of sp³-hybridized carbons (Fsp3) is 0.424. The molecule has 0 aromatic heterocycles. The van der Waals surface area contributed by atoms with E-state index in [1.54, 1.807) is 90.4 Å². The first-order valence-electron chi connectivity index (χ1n) is 44.0. The number of hydrogen-bond acceptors (Lipinski definition) is 26. The molecule has 0 bridgehead atoms. The van der Waals surface area contributed by atoms with Gasteiger partial charge < -0.3 is 162 Å². The molecule has 11 atom stereocenters. The predicted octanol–water partition coefficient (Wildman–Crippen LogP) is -3.63. The van der Waals surface area contributed by atoms with Crippen LogP contribution >= 0.6 is 21.6 Å². The molecule has 43 nitrogen and oxygen atoms in total. The first-order chi connectivity index (χ1) is 65.1. The number of carboxylic acid groups (broad SMARTS) is 2. The molecule has 0 radical (unpaired) electrons. The number of aromatic hydroxyl groups is 2. The van der Waals surface area contributed by atoms with Gasteiger partial charge in [-0.15, -0.1) is 0 Å². The molecule has 2 fully saturated rings. The van der Waals surface area contributed by atoms with E-state index in [1.807, 2.05) is 12.1 Å². The van der Waals surface area contributed by atoms with Crippen LogP contribution in [0.1, 0.15) is 80.7 Å². The number of carbonyl (C=O) groups is 19. The van der Waals surface area contributed by atoms with E-state index in [9.17, 15) is 97.5 Å². The van der Waals surface area contributed by atoms with E-state index in [4.69, 9.17) is 0 Å². The molecule has 17 amide bonds. The van der Waals surface area contributed by atoms with Crippen molar-refractivity contribution in [2.45, 2.75) is 152 Å². The minimum absolute atomic E-state index is 0. The molecule has 2 aliphatic heterocycles. The number of amides is 17. The number of likely N-dealkylation sites (tertiary alicyclic amines) is 1. The van der Waals surface area contributed by atoms with Gasteiger partial charge >= 0.3 is 11.9 Å². The SMILES string of the molecule is [CH2-]C(=O)NCCN(CCNC([CH2-])=O)CC(=O)NCc1cccc(CNC(=O)[C@H](CC(=O)O)NC(=O)[C@H](Cc2ccc(-c3ccccc3)cc2)NC(=O)[C@@H]2CSSC[C@H](NC(=O)[C@@H]3CCCN3C(=O)C(CC(C)C)NC(=O)CN(CCNC([CH2-])=O)CCNC([CH2-])=O)C(=O)N[C@@H](CC(=O)O)C(=O)N[C@@H](Cc3ccc(O)cc3)C(=O)N[C@@H](Cc3ccc(O)cc3)C(=O)NCC(=O)N[C@@H](C(C)O)C(=O)N2)c1.[Gd].[Gd].[Gd].[Gd]. The van der Waals surface area contributed by atoms with Gasteiger partial charge in [0.25, 0.3) is 0 Å². The third kappa shape index (κ3) is 47.2. The fourth-order valence-electron chi connectivity index (χ4n) is 14.5. The Balaban J connectivity index is 0.0000128. The van der Waals surface area contributed by atoms with Gasteiger partial charge in [0.2, 0.25) is 76.8 Å². The molecule has 2 aliphatic rings. The molecule has 5 aromatic carbocycles. The normalized spacial score (nSPS) is 17.9. The number of aliphatic hydroxyl groups is 1. The van der Waals surface area contributed by atoms with Gasteiger partial charge in [-0.2, -0.15) is 0 Å². The van der Waals surface area contributed by atoms with E-state index in [0.717, 1.165) is 12.5 Å². The topological polar surface area (TPSA) is 628 Å². The third-order valence-corrected chi connectivity index (χ3v) is 23.8. The second-order valence-corrected chi connectivity index (χ2v) is 35.5. The maximum Gasteiger partial charge on any atom is 0.305 e. The van der Waals surface area contributed by atoms with Crippen molar-refractivity contribution < 1.29 is 276 Å². The van der Waals surface area contributed by atoms with E-state index >= 15 is 19.2 Å². The monoisotopic (exact) mass is 2570 g/mol. The van der Waals surface area contributed by atoms with Crippen molar-refractivity contribution in [3.63, 3.8) is 0 Å². The van der Waals surface area contributed by atoms with Crippen LogP contribution in [0.2, 0.25) is 0 Å². The average molecular weight is 2570 g/mol. The molecule has 2 saturated heterocycles. The van der Waals surface area contributed by atoms with E-state index in [0.29, 0.717) is 49.4 Å². The number of hydrogen-bond donors (Lipinski definition) is 21. The minimum atomic E-state index is -2.13. The number of aliphatic hydroxyl groups excluding tert-OH is 1. The Bertz CT molecular complexity index is 5010. The number of benzene rings is 5. The minimum Gasteiger partial charge on any atom is -0.508 e. The number of aliphatic carboxylic acids is 2. The summed E-state index contributed by atoms with van der Waals surface area (Å²) >= 11 is 0. The zero-order valence-corrected chi connectivity index (χ0v) is 88.1. The summed E-state index contributed by atoms with van der Waals surface area (Å²) in [5.74, 6) is -20.9. The molecule has 7 rings (SSSR count). The summed E-state index contributed by atoms with van der Waals surface area (Å²) in [6, 6.07) is 15.0. The van der Waals surface area contributed by atoms with Gasteiger partial charge in [0, 0.05) is 263 Å². The number of phenolic OH excluding ortho intramolecular Hbond substituents is 2. The number of phenols is 2. The maximum atomic E-state index is 15.5. The average Bonchev–Trinajstić information content (AvgIpc) is 1.71. The first kappa shape index (κ1) is 126. The second-order valence-electron chi connectivity index (χ2n) is 32.9. The summed E-state index contributed by atoms with van der Waals surface area (Å²) < 4.78 is 0. The van der Waals surface area contributed by atoms with Gasteiger partial charge in [0.05, 0.1) is 62.2 Å². The summed E-state index contributed by atoms with van der Waals surface area (Å²) in [5, 5.41) is 93.2. The van der Waals surface area contributed by atoms with Crippen LogP contribution in [0.15, 0.2) is 127 Å². The zero-order valence-electron chi connectivity index (χ0n) is 77.4. The zero-order chi connectivity index (χ0) is 100. The third-order valence-electron chi connectivity index (χ3n) is 21.4. The molecule has 141 heavy (non-hydrogen) atoms. The molecule has 49 heteroatoms. The number of carboxylic acids is 2. The molecular formula is C92H119Gd4N19O24S2-4. The molecule has 21 N–H and O–H groups in total. The summed E-state index contributed by atoms with van der Waals surface area (Å²) in [7, 11) is 1.41. The van der Waals surface area contributed by atoms with Gasteiger partial charge in [-0.05, 0) is 95.3 Å². The van der Waals surface area contributed by atoms with E-state index in [1.165, 1.54) is 53.4 Å². The Morgan fingerprint density at radius 1 is 0.482 bits per heavy atom. The van der Waals surface area contributed by atoms with Crippen LogP contribution in [0.4, 0.5) is 0 Å². The van der Waals surface area contributed by atoms with Crippen molar-refractivity contribution in [1.82, 2.24) is 99.8 Å². The molecule has 774 valence electrons. The van der Waals surface area contributed by atoms with Crippen molar-refractivity contribution in [2.24, 2.45) is 5.92 Å². The Hall–Kier alpha value is -9.01. The van der Waals surface area contributed by atoms with Gasteiger partial charge in [0.1, 0.15) is 71.9 Å². The van der Waals surface area contributed by atoms with Crippen LogP contribution in [0.25, 0.3) is 11.1 Å². The van der Waals surface area contributed by atoms with Gasteiger partial charge in [-0.3, -0.25) is 81.7 Å². The molecule has 0 aliphatic carbocycles. The molecule has 2 heterocycles. The second kappa shape index (κ2) is 66.1. The largest absolute Gasteiger partial charge is 0.508 e. The molecule has 2 unspecified atom stereocenters. The Kier molecular flexibility index (Phi) is 59.1. The molecule has 0 saturated carbocycles. The number of nitrogens with zero attached hydrogens (tertiary/aromatic N) is 3. The Morgan fingerprint density at radius 3 is 1.48 bits per heavy atom. The van der Waals surface area contributed by atoms with Crippen molar-refractivity contribution >= 4 is 134 Å².